The summed E-state index contributed by atoms with van der Waals surface area (Å²) in [4.78, 5) is 0. The molecule has 0 saturated heterocycles. The van der Waals surface area contributed by atoms with Crippen LogP contribution in [0.1, 0.15) is 18.3 Å². The second-order valence-electron chi connectivity index (χ2n) is 4.19. The molecule has 1 heterocycles. The van der Waals surface area contributed by atoms with E-state index in [1.54, 1.807) is 6.33 Å². The smallest absolute Gasteiger partial charge is 0.170 e. The first kappa shape index (κ1) is 13.8. The van der Waals surface area contributed by atoms with E-state index in [4.69, 9.17) is 16.3 Å². The molecule has 0 aliphatic heterocycles. The largest absolute Gasteiger partial charge is 0.484 e. The minimum absolute atomic E-state index is 0.350. The molecule has 0 fully saturated rings. The summed E-state index contributed by atoms with van der Waals surface area (Å²) < 4.78 is 7.46. The van der Waals surface area contributed by atoms with Crippen LogP contribution in [-0.2, 0) is 20.2 Å². The molecule has 19 heavy (non-hydrogen) atoms. The van der Waals surface area contributed by atoms with Crippen LogP contribution in [0.2, 0.25) is 5.02 Å². The molecule has 0 atom stereocenters. The van der Waals surface area contributed by atoms with Crippen molar-refractivity contribution in [3.8, 4) is 5.75 Å². The van der Waals surface area contributed by atoms with E-state index < -0.39 is 0 Å². The number of nitrogens with zero attached hydrogens (tertiary/aromatic N) is 3. The molecule has 0 radical (unpaired) electrons. The molecule has 0 aliphatic carbocycles. The van der Waals surface area contributed by atoms with Crippen LogP contribution < -0.4 is 10.1 Å². The number of hydrogen-bond acceptors (Lipinski definition) is 4. The highest BCUT2D eigenvalue weighted by molar-refractivity contribution is 6.32. The molecule has 0 amide bonds. The first-order chi connectivity index (χ1) is 9.20. The van der Waals surface area contributed by atoms with Crippen LogP contribution in [0, 0.1) is 0 Å². The summed E-state index contributed by atoms with van der Waals surface area (Å²) in [6.07, 6.45) is 1.64. The number of nitrogens with one attached hydrogen (secondary N) is 1. The van der Waals surface area contributed by atoms with Crippen LogP contribution in [0.25, 0.3) is 0 Å². The van der Waals surface area contributed by atoms with Crippen LogP contribution in [0.4, 0.5) is 0 Å². The standard InChI is InChI=1S/C13H17ClN4O/c1-3-15-7-10-4-5-12(11(14)6-10)19-8-13-17-16-9-18(13)2/h4-6,9,15H,3,7-8H2,1-2H3. The Hall–Kier alpha value is -1.59. The fourth-order valence-corrected chi connectivity index (χ4v) is 1.88. The summed E-state index contributed by atoms with van der Waals surface area (Å²) >= 11 is 6.19. The van der Waals surface area contributed by atoms with Gasteiger partial charge in [-0.3, -0.25) is 0 Å². The average molecular weight is 281 g/mol. The summed E-state index contributed by atoms with van der Waals surface area (Å²) in [5, 5.41) is 11.6. The zero-order valence-corrected chi connectivity index (χ0v) is 11.8. The molecule has 2 rings (SSSR count). The van der Waals surface area contributed by atoms with Gasteiger partial charge in [0, 0.05) is 13.6 Å². The number of benzene rings is 1. The molecule has 1 aromatic carbocycles. The lowest BCUT2D eigenvalue weighted by Gasteiger charge is -2.09. The van der Waals surface area contributed by atoms with Crippen LogP contribution >= 0.6 is 11.6 Å². The Bertz CT molecular complexity index is 541. The number of aryl methyl sites for hydroxylation is 1. The second-order valence-corrected chi connectivity index (χ2v) is 4.60. The van der Waals surface area contributed by atoms with Gasteiger partial charge < -0.3 is 14.6 Å². The lowest BCUT2D eigenvalue weighted by molar-refractivity contribution is 0.291. The van der Waals surface area contributed by atoms with Crippen molar-refractivity contribution in [3.63, 3.8) is 0 Å². The van der Waals surface area contributed by atoms with E-state index in [0.29, 0.717) is 17.4 Å². The number of aromatic nitrogens is 3. The SMILES string of the molecule is CCNCc1ccc(OCc2nncn2C)c(Cl)c1. The van der Waals surface area contributed by atoms with Gasteiger partial charge in [-0.15, -0.1) is 10.2 Å². The first-order valence-corrected chi connectivity index (χ1v) is 6.53. The Morgan fingerprint density at radius 2 is 2.26 bits per heavy atom. The molecular formula is C13H17ClN4O. The fraction of sp³-hybridized carbons (Fsp3) is 0.385. The number of rotatable bonds is 6. The molecule has 0 unspecified atom stereocenters. The van der Waals surface area contributed by atoms with Gasteiger partial charge in [0.1, 0.15) is 18.7 Å². The van der Waals surface area contributed by atoms with Crippen LogP contribution in [0.5, 0.6) is 5.75 Å². The Morgan fingerprint density at radius 1 is 1.42 bits per heavy atom. The van der Waals surface area contributed by atoms with E-state index in [2.05, 4.69) is 22.4 Å². The fourth-order valence-electron chi connectivity index (χ4n) is 1.62. The summed E-state index contributed by atoms with van der Waals surface area (Å²) in [7, 11) is 1.87. The maximum absolute atomic E-state index is 6.19. The van der Waals surface area contributed by atoms with Gasteiger partial charge in [-0.2, -0.15) is 0 Å². The van der Waals surface area contributed by atoms with Crippen molar-refractivity contribution in [1.82, 2.24) is 20.1 Å². The van der Waals surface area contributed by atoms with E-state index >= 15 is 0 Å². The van der Waals surface area contributed by atoms with Crippen molar-refractivity contribution in [3.05, 3.63) is 40.9 Å². The number of hydrogen-bond donors (Lipinski definition) is 1. The Kier molecular flexibility index (Phi) is 4.76. The minimum atomic E-state index is 0.350. The lowest BCUT2D eigenvalue weighted by Crippen LogP contribution is -2.11. The van der Waals surface area contributed by atoms with Crippen molar-refractivity contribution in [2.75, 3.05) is 6.54 Å². The summed E-state index contributed by atoms with van der Waals surface area (Å²) in [6, 6.07) is 5.79. The summed E-state index contributed by atoms with van der Waals surface area (Å²) in [6.45, 7) is 4.16. The monoisotopic (exact) mass is 280 g/mol. The molecule has 102 valence electrons. The molecule has 1 N–H and O–H groups in total. The molecule has 0 aliphatic rings. The molecular weight excluding hydrogens is 264 g/mol. The lowest BCUT2D eigenvalue weighted by atomic mass is 10.2. The van der Waals surface area contributed by atoms with Gasteiger partial charge in [0.15, 0.2) is 5.82 Å². The molecule has 2 aromatic rings. The van der Waals surface area contributed by atoms with Gasteiger partial charge in [0.05, 0.1) is 5.02 Å². The van der Waals surface area contributed by atoms with E-state index in [-0.39, 0.29) is 0 Å². The van der Waals surface area contributed by atoms with E-state index in [1.165, 1.54) is 0 Å². The molecule has 0 spiro atoms. The third-order valence-corrected chi connectivity index (χ3v) is 3.03. The summed E-state index contributed by atoms with van der Waals surface area (Å²) in [5.41, 5.74) is 1.14. The van der Waals surface area contributed by atoms with Crippen LogP contribution in [0.15, 0.2) is 24.5 Å². The van der Waals surface area contributed by atoms with Crippen molar-refractivity contribution in [2.24, 2.45) is 7.05 Å². The molecule has 5 nitrogen and oxygen atoms in total. The average Bonchev–Trinajstić information content (AvgIpc) is 2.81. The third kappa shape index (κ3) is 3.68. The molecule has 0 saturated carbocycles. The Morgan fingerprint density at radius 3 is 2.89 bits per heavy atom. The van der Waals surface area contributed by atoms with Crippen molar-refractivity contribution in [2.45, 2.75) is 20.1 Å². The molecule has 6 heteroatoms. The topological polar surface area (TPSA) is 52.0 Å². The Balaban J connectivity index is 1.99. The van der Waals surface area contributed by atoms with Crippen molar-refractivity contribution >= 4 is 11.6 Å². The van der Waals surface area contributed by atoms with Gasteiger partial charge in [-0.1, -0.05) is 24.6 Å². The quantitative estimate of drug-likeness (QED) is 0.881. The van der Waals surface area contributed by atoms with E-state index in [0.717, 1.165) is 24.5 Å². The highest BCUT2D eigenvalue weighted by Crippen LogP contribution is 2.26. The van der Waals surface area contributed by atoms with Gasteiger partial charge in [0.25, 0.3) is 0 Å². The van der Waals surface area contributed by atoms with Gasteiger partial charge in [-0.25, -0.2) is 0 Å². The predicted octanol–water partition coefficient (Wildman–Crippen LogP) is 2.16. The van der Waals surface area contributed by atoms with E-state index in [1.807, 2.05) is 29.8 Å². The number of ether oxygens (including phenoxy) is 1. The zero-order valence-electron chi connectivity index (χ0n) is 11.1. The highest BCUT2D eigenvalue weighted by Gasteiger charge is 2.06. The minimum Gasteiger partial charge on any atom is -0.484 e. The van der Waals surface area contributed by atoms with Crippen molar-refractivity contribution in [1.29, 1.82) is 0 Å². The normalized spacial score (nSPS) is 10.7. The highest BCUT2D eigenvalue weighted by atomic mass is 35.5. The Labute approximate surface area is 117 Å². The van der Waals surface area contributed by atoms with Crippen molar-refractivity contribution < 1.29 is 4.74 Å². The first-order valence-electron chi connectivity index (χ1n) is 6.15. The molecule has 1 aromatic heterocycles. The third-order valence-electron chi connectivity index (χ3n) is 2.74. The maximum Gasteiger partial charge on any atom is 0.170 e. The number of halogens is 1. The predicted molar refractivity (Wildman–Crippen MR) is 74.2 cm³/mol. The summed E-state index contributed by atoms with van der Waals surface area (Å²) in [5.74, 6) is 1.41. The van der Waals surface area contributed by atoms with Crippen LogP contribution in [-0.4, -0.2) is 21.3 Å². The maximum atomic E-state index is 6.19. The second kappa shape index (κ2) is 6.54. The van der Waals surface area contributed by atoms with Gasteiger partial charge >= 0.3 is 0 Å². The zero-order chi connectivity index (χ0) is 13.7. The van der Waals surface area contributed by atoms with E-state index in [9.17, 15) is 0 Å². The van der Waals surface area contributed by atoms with Gasteiger partial charge in [0.2, 0.25) is 0 Å². The van der Waals surface area contributed by atoms with Crippen LogP contribution in [0.3, 0.4) is 0 Å². The van der Waals surface area contributed by atoms with Gasteiger partial charge in [-0.05, 0) is 24.2 Å². The molecule has 0 bridgehead atoms.